The number of carbonyl (C=O) groups excluding carboxylic acids is 1. The smallest absolute Gasteiger partial charge is 0.229 e. The van der Waals surface area contributed by atoms with Gasteiger partial charge >= 0.3 is 0 Å². The van der Waals surface area contributed by atoms with Gasteiger partial charge in [-0.15, -0.1) is 23.7 Å². The monoisotopic (exact) mass is 383 g/mol. The second kappa shape index (κ2) is 8.51. The fraction of sp³-hybridized carbons (Fsp3) is 0.412. The molecule has 1 aliphatic rings. The molecular weight excluding hydrogens is 362 g/mol. The Morgan fingerprint density at radius 2 is 2.04 bits per heavy atom. The van der Waals surface area contributed by atoms with Crippen LogP contribution in [-0.4, -0.2) is 31.2 Å². The summed E-state index contributed by atoms with van der Waals surface area (Å²) in [6.45, 7) is 0. The normalized spacial score (nSPS) is 19.2. The fourth-order valence-corrected chi connectivity index (χ4v) is 3.64. The van der Waals surface area contributed by atoms with Gasteiger partial charge in [-0.1, -0.05) is 0 Å². The average molecular weight is 384 g/mol. The highest BCUT2D eigenvalue weighted by molar-refractivity contribution is 7.14. The van der Waals surface area contributed by atoms with Crippen molar-refractivity contribution >= 4 is 34.8 Å². The second-order valence-corrected chi connectivity index (χ2v) is 6.73. The highest BCUT2D eigenvalue weighted by atomic mass is 35.5. The zero-order valence-electron chi connectivity index (χ0n) is 14.2. The standard InChI is InChI=1S/C17H21N3O3S.ClH/c1-22-14-6-4-10(8-15(14)23-2)13-9-24-17(19-13)20-16(21)11-3-5-12(18)7-11;/h4,6,8-9,11-12H,3,5,7,18H2,1-2H3,(H,19,20,21);1H. The third-order valence-corrected chi connectivity index (χ3v) is 5.02. The Kier molecular flexibility index (Phi) is 6.64. The lowest BCUT2D eigenvalue weighted by Gasteiger charge is -2.09. The van der Waals surface area contributed by atoms with Crippen LogP contribution in [0.25, 0.3) is 11.3 Å². The predicted molar refractivity (Wildman–Crippen MR) is 102 cm³/mol. The molecule has 1 aromatic heterocycles. The quantitative estimate of drug-likeness (QED) is 0.827. The molecule has 1 heterocycles. The minimum absolute atomic E-state index is 0. The fourth-order valence-electron chi connectivity index (χ4n) is 2.92. The van der Waals surface area contributed by atoms with Gasteiger partial charge in [-0.05, 0) is 37.5 Å². The molecule has 0 spiro atoms. The van der Waals surface area contributed by atoms with E-state index < -0.39 is 0 Å². The third kappa shape index (κ3) is 4.42. The average Bonchev–Trinajstić information content (AvgIpc) is 3.23. The summed E-state index contributed by atoms with van der Waals surface area (Å²) in [5.74, 6) is 1.32. The summed E-state index contributed by atoms with van der Waals surface area (Å²) >= 11 is 1.41. The molecule has 1 aliphatic carbocycles. The molecule has 2 atom stereocenters. The van der Waals surface area contributed by atoms with Crippen molar-refractivity contribution in [3.63, 3.8) is 0 Å². The first-order valence-electron chi connectivity index (χ1n) is 7.85. The van der Waals surface area contributed by atoms with Gasteiger partial charge in [-0.25, -0.2) is 4.98 Å². The molecule has 136 valence electrons. The van der Waals surface area contributed by atoms with Crippen molar-refractivity contribution < 1.29 is 14.3 Å². The number of nitrogens with two attached hydrogens (primary N) is 1. The van der Waals surface area contributed by atoms with Gasteiger partial charge in [-0.2, -0.15) is 0 Å². The number of nitrogens with one attached hydrogen (secondary N) is 1. The van der Waals surface area contributed by atoms with Crippen molar-refractivity contribution in [1.82, 2.24) is 4.98 Å². The molecule has 1 fully saturated rings. The number of rotatable bonds is 5. The molecule has 1 aromatic carbocycles. The van der Waals surface area contributed by atoms with Crippen LogP contribution >= 0.6 is 23.7 Å². The lowest BCUT2D eigenvalue weighted by Crippen LogP contribution is -2.23. The van der Waals surface area contributed by atoms with Crippen LogP contribution in [0.5, 0.6) is 11.5 Å². The number of amides is 1. The van der Waals surface area contributed by atoms with Crippen LogP contribution in [-0.2, 0) is 4.79 Å². The topological polar surface area (TPSA) is 86.5 Å². The number of hydrogen-bond donors (Lipinski definition) is 2. The van der Waals surface area contributed by atoms with Crippen LogP contribution in [0.4, 0.5) is 5.13 Å². The van der Waals surface area contributed by atoms with Crippen molar-refractivity contribution in [2.75, 3.05) is 19.5 Å². The molecule has 2 unspecified atom stereocenters. The molecule has 2 aromatic rings. The number of thiazole rings is 1. The van der Waals surface area contributed by atoms with Gasteiger partial charge < -0.3 is 20.5 Å². The summed E-state index contributed by atoms with van der Waals surface area (Å²) < 4.78 is 10.6. The number of halogens is 1. The summed E-state index contributed by atoms with van der Waals surface area (Å²) in [5, 5.41) is 5.42. The van der Waals surface area contributed by atoms with Gasteiger partial charge in [-0.3, -0.25) is 4.79 Å². The summed E-state index contributed by atoms with van der Waals surface area (Å²) in [4.78, 5) is 16.8. The Labute approximate surface area is 157 Å². The van der Waals surface area contributed by atoms with Crippen molar-refractivity contribution in [2.45, 2.75) is 25.3 Å². The maximum Gasteiger partial charge on any atom is 0.229 e. The lowest BCUT2D eigenvalue weighted by molar-refractivity contribution is -0.119. The number of benzene rings is 1. The van der Waals surface area contributed by atoms with Gasteiger partial charge in [0.2, 0.25) is 5.91 Å². The molecule has 0 saturated heterocycles. The molecule has 3 rings (SSSR count). The molecule has 3 N–H and O–H groups in total. The number of nitrogens with zero attached hydrogens (tertiary/aromatic N) is 1. The third-order valence-electron chi connectivity index (χ3n) is 4.26. The van der Waals surface area contributed by atoms with Crippen LogP contribution in [0, 0.1) is 5.92 Å². The van der Waals surface area contributed by atoms with Crippen LogP contribution in [0.2, 0.25) is 0 Å². The molecule has 25 heavy (non-hydrogen) atoms. The van der Waals surface area contributed by atoms with Crippen LogP contribution in [0.3, 0.4) is 0 Å². The molecule has 6 nitrogen and oxygen atoms in total. The molecule has 8 heteroatoms. The Morgan fingerprint density at radius 1 is 1.28 bits per heavy atom. The van der Waals surface area contributed by atoms with Gasteiger partial charge in [0.1, 0.15) is 0 Å². The van der Waals surface area contributed by atoms with Gasteiger partial charge in [0.05, 0.1) is 19.9 Å². The summed E-state index contributed by atoms with van der Waals surface area (Å²) in [6, 6.07) is 5.76. The Morgan fingerprint density at radius 3 is 2.68 bits per heavy atom. The summed E-state index contributed by atoms with van der Waals surface area (Å²) in [5.41, 5.74) is 7.57. The van der Waals surface area contributed by atoms with Crippen LogP contribution in [0.15, 0.2) is 23.6 Å². The highest BCUT2D eigenvalue weighted by Gasteiger charge is 2.28. The van der Waals surface area contributed by atoms with E-state index in [4.69, 9.17) is 15.2 Å². The van der Waals surface area contributed by atoms with E-state index in [0.717, 1.165) is 30.5 Å². The molecule has 1 amide bonds. The summed E-state index contributed by atoms with van der Waals surface area (Å²) in [7, 11) is 3.20. The number of methoxy groups -OCH3 is 2. The molecule has 0 aliphatic heterocycles. The lowest BCUT2D eigenvalue weighted by atomic mass is 10.1. The van der Waals surface area contributed by atoms with Gasteiger partial charge in [0, 0.05) is 22.9 Å². The zero-order chi connectivity index (χ0) is 17.1. The number of carbonyl (C=O) groups is 1. The minimum atomic E-state index is -0.00608. The van der Waals surface area contributed by atoms with E-state index >= 15 is 0 Å². The highest BCUT2D eigenvalue weighted by Crippen LogP contribution is 2.34. The number of aromatic nitrogens is 1. The van der Waals surface area contributed by atoms with Crippen molar-refractivity contribution in [3.05, 3.63) is 23.6 Å². The van der Waals surface area contributed by atoms with Crippen LogP contribution < -0.4 is 20.5 Å². The van der Waals surface area contributed by atoms with Crippen molar-refractivity contribution in [2.24, 2.45) is 11.7 Å². The number of hydrogen-bond acceptors (Lipinski definition) is 6. The van der Waals surface area contributed by atoms with Gasteiger partial charge in [0.15, 0.2) is 16.6 Å². The maximum atomic E-state index is 12.3. The van der Waals surface area contributed by atoms with E-state index in [1.54, 1.807) is 14.2 Å². The molecule has 0 bridgehead atoms. The van der Waals surface area contributed by atoms with E-state index in [1.165, 1.54) is 11.3 Å². The van der Waals surface area contributed by atoms with E-state index in [9.17, 15) is 4.79 Å². The Hall–Kier alpha value is -1.83. The van der Waals surface area contributed by atoms with Crippen molar-refractivity contribution in [1.29, 1.82) is 0 Å². The molecule has 0 radical (unpaired) electrons. The maximum absolute atomic E-state index is 12.3. The molecular formula is C17H22ClN3O3S. The SMILES string of the molecule is COc1ccc(-c2csc(NC(=O)C3CCC(N)C3)n2)cc1OC.Cl. The van der Waals surface area contributed by atoms with E-state index in [2.05, 4.69) is 10.3 Å². The first-order valence-corrected chi connectivity index (χ1v) is 8.73. The largest absolute Gasteiger partial charge is 0.493 e. The summed E-state index contributed by atoms with van der Waals surface area (Å²) in [6.07, 6.45) is 2.51. The van der Waals surface area contributed by atoms with Crippen molar-refractivity contribution in [3.8, 4) is 22.8 Å². The van der Waals surface area contributed by atoms with Crippen LogP contribution in [0.1, 0.15) is 19.3 Å². The predicted octanol–water partition coefficient (Wildman–Crippen LogP) is 3.32. The number of anilines is 1. The van der Waals surface area contributed by atoms with E-state index in [-0.39, 0.29) is 30.3 Å². The Balaban J connectivity index is 0.00000225. The first-order chi connectivity index (χ1) is 11.6. The zero-order valence-corrected chi connectivity index (χ0v) is 15.8. The molecule has 1 saturated carbocycles. The minimum Gasteiger partial charge on any atom is -0.493 e. The first kappa shape index (κ1) is 19.5. The number of ether oxygens (including phenoxy) is 2. The second-order valence-electron chi connectivity index (χ2n) is 5.87. The Bertz CT molecular complexity index is 738. The van der Waals surface area contributed by atoms with E-state index in [0.29, 0.717) is 16.6 Å². The van der Waals surface area contributed by atoms with E-state index in [1.807, 2.05) is 23.6 Å². The van der Waals surface area contributed by atoms with Gasteiger partial charge in [0.25, 0.3) is 0 Å².